The molecule has 0 radical (unpaired) electrons. The molecule has 2 aromatic carbocycles. The van der Waals surface area contributed by atoms with E-state index >= 15 is 0 Å². The number of thiophene rings is 1. The van der Waals surface area contributed by atoms with Crippen molar-refractivity contribution in [3.8, 4) is 11.3 Å². The third kappa shape index (κ3) is 4.86. The summed E-state index contributed by atoms with van der Waals surface area (Å²) in [5.74, 6) is -0.169. The second kappa shape index (κ2) is 10.4. The van der Waals surface area contributed by atoms with E-state index < -0.39 is 5.97 Å². The maximum Gasteiger partial charge on any atom is 0.341 e. The number of anilines is 1. The predicted molar refractivity (Wildman–Crippen MR) is 151 cm³/mol. The number of carbonyl (C=O) groups is 2. The van der Waals surface area contributed by atoms with Crippen LogP contribution in [-0.2, 0) is 17.6 Å². The number of aromatic nitrogens is 1. The number of hydrogen-bond donors (Lipinski definition) is 1. The summed E-state index contributed by atoms with van der Waals surface area (Å²) in [5, 5.41) is 5.30. The van der Waals surface area contributed by atoms with E-state index in [2.05, 4.69) is 12.2 Å². The number of rotatable bonds is 5. The van der Waals surface area contributed by atoms with Crippen LogP contribution in [0.3, 0.4) is 0 Å². The Labute approximate surface area is 229 Å². The number of benzene rings is 2. The van der Waals surface area contributed by atoms with E-state index in [1.165, 1.54) is 11.3 Å². The highest BCUT2D eigenvalue weighted by molar-refractivity contribution is 7.17. The van der Waals surface area contributed by atoms with Gasteiger partial charge in [-0.1, -0.05) is 48.3 Å². The molecule has 0 bridgehead atoms. The molecule has 1 N–H and O–H groups in total. The van der Waals surface area contributed by atoms with Crippen molar-refractivity contribution in [1.82, 2.24) is 4.98 Å². The Morgan fingerprint density at radius 3 is 2.70 bits per heavy atom. The number of esters is 1. The molecule has 1 aliphatic carbocycles. The van der Waals surface area contributed by atoms with Gasteiger partial charge in [-0.2, -0.15) is 0 Å². The normalized spacial score (nSPS) is 14.9. The molecular weight excluding hydrogens is 527 g/mol. The fraction of sp³-hybridized carbons (Fsp3) is 0.276. The van der Waals surface area contributed by atoms with Gasteiger partial charge in [0.2, 0.25) is 0 Å². The molecule has 0 fully saturated rings. The average Bonchev–Trinajstić information content (AvgIpc) is 3.20. The number of pyridine rings is 1. The van der Waals surface area contributed by atoms with Crippen molar-refractivity contribution >= 4 is 62.3 Å². The molecule has 5 nitrogen and oxygen atoms in total. The second-order valence-corrected chi connectivity index (χ2v) is 11.3. The summed E-state index contributed by atoms with van der Waals surface area (Å²) < 4.78 is 5.38. The van der Waals surface area contributed by atoms with Crippen molar-refractivity contribution in [2.75, 3.05) is 11.9 Å². The third-order valence-corrected chi connectivity index (χ3v) is 8.49. The summed E-state index contributed by atoms with van der Waals surface area (Å²) in [5.41, 5.74) is 4.63. The molecule has 190 valence electrons. The van der Waals surface area contributed by atoms with Crippen LogP contribution in [0.1, 0.15) is 57.0 Å². The lowest BCUT2D eigenvalue weighted by molar-refractivity contribution is 0.0526. The van der Waals surface area contributed by atoms with Crippen LogP contribution in [0.2, 0.25) is 10.0 Å². The van der Waals surface area contributed by atoms with Crippen molar-refractivity contribution in [1.29, 1.82) is 0 Å². The number of carbonyl (C=O) groups excluding carboxylic acids is 2. The van der Waals surface area contributed by atoms with Crippen LogP contribution in [-0.4, -0.2) is 23.5 Å². The number of fused-ring (bicyclic) bond motifs is 2. The number of para-hydroxylation sites is 1. The number of halogens is 2. The first-order valence-electron chi connectivity index (χ1n) is 12.3. The molecule has 0 aliphatic heterocycles. The van der Waals surface area contributed by atoms with Crippen molar-refractivity contribution in [3.05, 3.63) is 79.6 Å². The van der Waals surface area contributed by atoms with Crippen LogP contribution in [0.15, 0.2) is 42.5 Å². The van der Waals surface area contributed by atoms with Crippen molar-refractivity contribution in [2.45, 2.75) is 40.0 Å². The smallest absolute Gasteiger partial charge is 0.341 e. The molecule has 2 heterocycles. The lowest BCUT2D eigenvalue weighted by Crippen LogP contribution is -2.18. The van der Waals surface area contributed by atoms with Gasteiger partial charge in [-0.3, -0.25) is 4.79 Å². The van der Waals surface area contributed by atoms with Crippen molar-refractivity contribution in [3.63, 3.8) is 0 Å². The largest absolute Gasteiger partial charge is 0.462 e. The fourth-order valence-corrected chi connectivity index (χ4v) is 6.86. The van der Waals surface area contributed by atoms with Crippen LogP contribution in [0.4, 0.5) is 5.00 Å². The Hall–Kier alpha value is -2.93. The zero-order valence-electron chi connectivity index (χ0n) is 20.8. The standard InChI is InChI=1S/C29H26Cl2N2O3S/c1-4-36-29(35)25-20-11-9-15(2)13-23(20)37-28(25)33-27(34)24-16(3)26(18-12-10-17(30)14-21(18)31)32-22-8-6-5-7-19(22)24/h5-8,10,12,14-15H,4,9,11,13H2,1-3H3,(H,33,34). The first-order chi connectivity index (χ1) is 17.8. The molecule has 0 saturated carbocycles. The van der Waals surface area contributed by atoms with Gasteiger partial charge in [-0.05, 0) is 74.4 Å². The zero-order valence-corrected chi connectivity index (χ0v) is 23.1. The SMILES string of the molecule is CCOC(=O)c1c(NC(=O)c2c(C)c(-c3ccc(Cl)cc3Cl)nc3ccccc23)sc2c1CCC(C)C2. The quantitative estimate of drug-likeness (QED) is 0.254. The zero-order chi connectivity index (χ0) is 26.3. The molecule has 1 aliphatic rings. The van der Waals surface area contributed by atoms with Gasteiger partial charge in [0.05, 0.1) is 34.0 Å². The molecule has 2 aromatic heterocycles. The average molecular weight is 554 g/mol. The van der Waals surface area contributed by atoms with E-state index in [4.69, 9.17) is 32.9 Å². The van der Waals surface area contributed by atoms with E-state index in [9.17, 15) is 9.59 Å². The van der Waals surface area contributed by atoms with Crippen molar-refractivity contribution in [2.24, 2.45) is 5.92 Å². The number of amides is 1. The minimum absolute atomic E-state index is 0.270. The Kier molecular flexibility index (Phi) is 7.26. The summed E-state index contributed by atoms with van der Waals surface area (Å²) in [6, 6.07) is 12.7. The molecule has 1 amide bonds. The number of nitrogens with zero attached hydrogens (tertiary/aromatic N) is 1. The minimum Gasteiger partial charge on any atom is -0.462 e. The predicted octanol–water partition coefficient (Wildman–Crippen LogP) is 8.13. The van der Waals surface area contributed by atoms with Crippen LogP contribution in [0.25, 0.3) is 22.2 Å². The summed E-state index contributed by atoms with van der Waals surface area (Å²) in [6.07, 6.45) is 2.69. The van der Waals surface area contributed by atoms with Gasteiger partial charge in [0.15, 0.2) is 0 Å². The maximum absolute atomic E-state index is 13.9. The van der Waals surface area contributed by atoms with Crippen LogP contribution >= 0.6 is 34.5 Å². The number of ether oxygens (including phenoxy) is 1. The van der Waals surface area contributed by atoms with E-state index in [1.54, 1.807) is 19.1 Å². The summed E-state index contributed by atoms with van der Waals surface area (Å²) in [6.45, 7) is 6.13. The van der Waals surface area contributed by atoms with Gasteiger partial charge in [0.25, 0.3) is 5.91 Å². The monoisotopic (exact) mass is 552 g/mol. The molecular formula is C29H26Cl2N2O3S. The molecule has 0 spiro atoms. The van der Waals surface area contributed by atoms with Gasteiger partial charge in [-0.25, -0.2) is 9.78 Å². The lowest BCUT2D eigenvalue weighted by atomic mass is 9.88. The molecule has 4 aromatic rings. The Morgan fingerprint density at radius 1 is 1.16 bits per heavy atom. The summed E-state index contributed by atoms with van der Waals surface area (Å²) in [4.78, 5) is 32.9. The summed E-state index contributed by atoms with van der Waals surface area (Å²) in [7, 11) is 0. The highest BCUT2D eigenvalue weighted by Crippen LogP contribution is 2.41. The van der Waals surface area contributed by atoms with Gasteiger partial charge in [0, 0.05) is 20.8 Å². The molecule has 1 unspecified atom stereocenters. The molecule has 5 rings (SSSR count). The topological polar surface area (TPSA) is 68.3 Å². The van der Waals surface area contributed by atoms with Gasteiger partial charge in [0.1, 0.15) is 5.00 Å². The van der Waals surface area contributed by atoms with Gasteiger partial charge in [-0.15, -0.1) is 11.3 Å². The van der Waals surface area contributed by atoms with E-state index in [-0.39, 0.29) is 12.5 Å². The summed E-state index contributed by atoms with van der Waals surface area (Å²) >= 11 is 14.1. The maximum atomic E-state index is 13.9. The Bertz CT molecular complexity index is 1550. The lowest BCUT2D eigenvalue weighted by Gasteiger charge is -2.18. The molecule has 8 heteroatoms. The Balaban J connectivity index is 1.64. The number of nitrogens with one attached hydrogen (secondary N) is 1. The molecule has 37 heavy (non-hydrogen) atoms. The first-order valence-corrected chi connectivity index (χ1v) is 13.8. The van der Waals surface area contributed by atoms with E-state index in [1.807, 2.05) is 37.3 Å². The van der Waals surface area contributed by atoms with Gasteiger partial charge >= 0.3 is 5.97 Å². The molecule has 0 saturated heterocycles. The fourth-order valence-electron chi connectivity index (χ4n) is 4.97. The van der Waals surface area contributed by atoms with E-state index in [0.717, 1.165) is 35.1 Å². The Morgan fingerprint density at radius 2 is 1.95 bits per heavy atom. The third-order valence-electron chi connectivity index (χ3n) is 6.77. The van der Waals surface area contributed by atoms with Crippen LogP contribution < -0.4 is 5.32 Å². The van der Waals surface area contributed by atoms with Crippen LogP contribution in [0.5, 0.6) is 0 Å². The minimum atomic E-state index is -0.394. The van der Waals surface area contributed by atoms with E-state index in [0.29, 0.717) is 54.4 Å². The molecule has 1 atom stereocenters. The van der Waals surface area contributed by atoms with Crippen molar-refractivity contribution < 1.29 is 14.3 Å². The highest BCUT2D eigenvalue weighted by atomic mass is 35.5. The van der Waals surface area contributed by atoms with Gasteiger partial charge < -0.3 is 10.1 Å². The van der Waals surface area contributed by atoms with Crippen LogP contribution in [0, 0.1) is 12.8 Å². The second-order valence-electron chi connectivity index (χ2n) is 9.33. The first kappa shape index (κ1) is 25.7. The highest BCUT2D eigenvalue weighted by Gasteiger charge is 2.30. The number of hydrogen-bond acceptors (Lipinski definition) is 5.